The average Bonchev–Trinajstić information content (AvgIpc) is 3.06. The Morgan fingerprint density at radius 3 is 2.90 bits per heavy atom. The van der Waals surface area contributed by atoms with Crippen molar-refractivity contribution in [2.24, 2.45) is 5.73 Å². The third-order valence-electron chi connectivity index (χ3n) is 3.48. The number of H-pyrrole nitrogens is 1. The molecule has 104 valence electrons. The molecule has 0 aliphatic rings. The van der Waals surface area contributed by atoms with Gasteiger partial charge in [-0.1, -0.05) is 6.07 Å². The third-order valence-corrected chi connectivity index (χ3v) is 3.48. The first-order chi connectivity index (χ1) is 9.70. The number of aryl methyl sites for hydroxylation is 1. The van der Waals surface area contributed by atoms with Gasteiger partial charge in [0.05, 0.1) is 11.0 Å². The molecule has 2 aromatic heterocycles. The first-order valence-corrected chi connectivity index (χ1v) is 6.75. The van der Waals surface area contributed by atoms with Crippen LogP contribution in [0.1, 0.15) is 5.56 Å². The Morgan fingerprint density at radius 2 is 2.20 bits per heavy atom. The number of imidazole rings is 1. The van der Waals surface area contributed by atoms with E-state index in [-0.39, 0.29) is 0 Å². The van der Waals surface area contributed by atoms with Gasteiger partial charge in [-0.3, -0.25) is 0 Å². The van der Waals surface area contributed by atoms with Crippen molar-refractivity contribution in [1.82, 2.24) is 14.5 Å². The number of hydrogen-bond donors (Lipinski definition) is 2. The highest BCUT2D eigenvalue weighted by molar-refractivity contribution is 5.80. The summed E-state index contributed by atoms with van der Waals surface area (Å²) in [5.74, 6) is 1.91. The molecule has 0 spiro atoms. The van der Waals surface area contributed by atoms with Crippen LogP contribution in [0.2, 0.25) is 0 Å². The van der Waals surface area contributed by atoms with Crippen molar-refractivity contribution in [3.63, 3.8) is 0 Å². The number of benzene rings is 1. The Kier molecular flexibility index (Phi) is 3.20. The molecule has 0 radical (unpaired) electrons. The van der Waals surface area contributed by atoms with Crippen molar-refractivity contribution >= 4 is 22.8 Å². The summed E-state index contributed by atoms with van der Waals surface area (Å²) >= 11 is 0. The van der Waals surface area contributed by atoms with E-state index in [2.05, 4.69) is 34.7 Å². The Bertz CT molecular complexity index is 711. The highest BCUT2D eigenvalue weighted by atomic mass is 15.3. The number of fused-ring (bicyclic) bond motifs is 1. The van der Waals surface area contributed by atoms with Gasteiger partial charge >= 0.3 is 0 Å². The van der Waals surface area contributed by atoms with Crippen LogP contribution in [-0.4, -0.2) is 28.1 Å². The van der Waals surface area contributed by atoms with E-state index in [9.17, 15) is 0 Å². The third kappa shape index (κ3) is 2.06. The zero-order chi connectivity index (χ0) is 14.1. The number of aromatic nitrogens is 3. The van der Waals surface area contributed by atoms with Gasteiger partial charge in [0.1, 0.15) is 5.82 Å². The summed E-state index contributed by atoms with van der Waals surface area (Å²) in [7, 11) is 2.01. The second-order valence-corrected chi connectivity index (χ2v) is 4.96. The van der Waals surface area contributed by atoms with Gasteiger partial charge in [-0.05, 0) is 36.8 Å². The van der Waals surface area contributed by atoms with E-state index < -0.39 is 0 Å². The summed E-state index contributed by atoms with van der Waals surface area (Å²) in [6, 6.07) is 10.3. The number of aromatic amines is 1. The SMILES string of the molecule is Cc1ccc2c(c1)nc(N(C)c1ccc[nH]1)n2CCN. The lowest BCUT2D eigenvalue weighted by molar-refractivity contribution is 0.722. The van der Waals surface area contributed by atoms with Crippen molar-refractivity contribution in [2.45, 2.75) is 13.5 Å². The maximum absolute atomic E-state index is 5.75. The molecule has 0 aliphatic heterocycles. The fraction of sp³-hybridized carbons (Fsp3) is 0.267. The lowest BCUT2D eigenvalue weighted by Crippen LogP contribution is -2.18. The predicted molar refractivity (Wildman–Crippen MR) is 82.4 cm³/mol. The number of rotatable bonds is 4. The quantitative estimate of drug-likeness (QED) is 0.764. The fourth-order valence-electron chi connectivity index (χ4n) is 2.47. The van der Waals surface area contributed by atoms with Gasteiger partial charge in [0.2, 0.25) is 5.95 Å². The molecule has 0 atom stereocenters. The van der Waals surface area contributed by atoms with Crippen LogP contribution in [0.3, 0.4) is 0 Å². The maximum Gasteiger partial charge on any atom is 0.212 e. The van der Waals surface area contributed by atoms with Gasteiger partial charge in [0.15, 0.2) is 0 Å². The molecule has 0 unspecified atom stereocenters. The topological polar surface area (TPSA) is 62.9 Å². The molecule has 0 bridgehead atoms. The molecule has 5 heteroatoms. The predicted octanol–water partition coefficient (Wildman–Crippen LogP) is 2.40. The van der Waals surface area contributed by atoms with Crippen LogP contribution < -0.4 is 10.6 Å². The Morgan fingerprint density at radius 1 is 1.35 bits per heavy atom. The van der Waals surface area contributed by atoms with E-state index in [1.165, 1.54) is 5.56 Å². The van der Waals surface area contributed by atoms with E-state index >= 15 is 0 Å². The van der Waals surface area contributed by atoms with Crippen LogP contribution in [0.4, 0.5) is 11.8 Å². The lowest BCUT2D eigenvalue weighted by Gasteiger charge is -2.18. The van der Waals surface area contributed by atoms with Crippen LogP contribution in [0, 0.1) is 6.92 Å². The first kappa shape index (κ1) is 12.7. The Balaban J connectivity index is 2.15. The van der Waals surface area contributed by atoms with E-state index in [0.717, 1.165) is 29.3 Å². The minimum Gasteiger partial charge on any atom is -0.348 e. The summed E-state index contributed by atoms with van der Waals surface area (Å²) in [6.45, 7) is 3.42. The van der Waals surface area contributed by atoms with Crippen LogP contribution in [0.5, 0.6) is 0 Å². The number of nitrogens with zero attached hydrogens (tertiary/aromatic N) is 3. The van der Waals surface area contributed by atoms with Gasteiger partial charge in [-0.25, -0.2) is 4.98 Å². The van der Waals surface area contributed by atoms with E-state index in [1.54, 1.807) is 0 Å². The van der Waals surface area contributed by atoms with Gasteiger partial charge in [0, 0.05) is 26.3 Å². The number of nitrogens with one attached hydrogen (secondary N) is 1. The summed E-state index contributed by atoms with van der Waals surface area (Å²) in [5, 5.41) is 0. The van der Waals surface area contributed by atoms with Crippen LogP contribution in [0.15, 0.2) is 36.5 Å². The molecule has 5 nitrogen and oxygen atoms in total. The second-order valence-electron chi connectivity index (χ2n) is 4.96. The molecular formula is C15H19N5. The van der Waals surface area contributed by atoms with E-state index in [1.807, 2.05) is 30.3 Å². The smallest absolute Gasteiger partial charge is 0.212 e. The number of hydrogen-bond acceptors (Lipinski definition) is 3. The monoisotopic (exact) mass is 269 g/mol. The molecule has 3 aromatic rings. The summed E-state index contributed by atoms with van der Waals surface area (Å²) in [4.78, 5) is 10.0. The van der Waals surface area contributed by atoms with Crippen molar-refractivity contribution in [1.29, 1.82) is 0 Å². The molecule has 20 heavy (non-hydrogen) atoms. The van der Waals surface area contributed by atoms with Crippen molar-refractivity contribution in [2.75, 3.05) is 18.5 Å². The molecule has 0 amide bonds. The normalized spacial score (nSPS) is 11.2. The average molecular weight is 269 g/mol. The fourth-order valence-corrected chi connectivity index (χ4v) is 2.47. The van der Waals surface area contributed by atoms with Crippen LogP contribution >= 0.6 is 0 Å². The van der Waals surface area contributed by atoms with Crippen LogP contribution in [0.25, 0.3) is 11.0 Å². The van der Waals surface area contributed by atoms with Gasteiger partial charge < -0.3 is 20.2 Å². The zero-order valence-electron chi connectivity index (χ0n) is 11.8. The molecule has 0 aliphatic carbocycles. The highest BCUT2D eigenvalue weighted by Crippen LogP contribution is 2.26. The molecule has 0 saturated heterocycles. The molecule has 1 aromatic carbocycles. The molecule has 2 heterocycles. The van der Waals surface area contributed by atoms with Crippen molar-refractivity contribution in [3.8, 4) is 0 Å². The Hall–Kier alpha value is -2.27. The maximum atomic E-state index is 5.75. The minimum absolute atomic E-state index is 0.588. The molecule has 0 saturated carbocycles. The summed E-state index contributed by atoms with van der Waals surface area (Å²) < 4.78 is 2.16. The lowest BCUT2D eigenvalue weighted by atomic mass is 10.2. The van der Waals surface area contributed by atoms with Gasteiger partial charge in [0.25, 0.3) is 0 Å². The van der Waals surface area contributed by atoms with E-state index in [4.69, 9.17) is 10.7 Å². The molecule has 3 N–H and O–H groups in total. The standard InChI is InChI=1S/C15H19N5/c1-11-5-6-13-12(10-11)18-15(20(13)9-7-16)19(2)14-4-3-8-17-14/h3-6,8,10,17H,7,9,16H2,1-2H3. The molecule has 3 rings (SSSR count). The zero-order valence-corrected chi connectivity index (χ0v) is 11.8. The second kappa shape index (κ2) is 5.02. The number of nitrogens with two attached hydrogens (primary N) is 1. The van der Waals surface area contributed by atoms with Crippen molar-refractivity contribution in [3.05, 3.63) is 42.1 Å². The largest absolute Gasteiger partial charge is 0.348 e. The summed E-state index contributed by atoms with van der Waals surface area (Å²) in [6.07, 6.45) is 1.91. The van der Waals surface area contributed by atoms with Crippen LogP contribution in [-0.2, 0) is 6.54 Å². The highest BCUT2D eigenvalue weighted by Gasteiger charge is 2.15. The Labute approximate surface area is 118 Å². The van der Waals surface area contributed by atoms with Gasteiger partial charge in [-0.15, -0.1) is 0 Å². The first-order valence-electron chi connectivity index (χ1n) is 6.75. The minimum atomic E-state index is 0.588. The van der Waals surface area contributed by atoms with E-state index in [0.29, 0.717) is 6.54 Å². The number of anilines is 2. The molecule has 0 fully saturated rings. The summed E-state index contributed by atoms with van der Waals surface area (Å²) in [5.41, 5.74) is 9.09. The van der Waals surface area contributed by atoms with Gasteiger partial charge in [-0.2, -0.15) is 0 Å². The van der Waals surface area contributed by atoms with Crippen molar-refractivity contribution < 1.29 is 0 Å². The molecular weight excluding hydrogens is 250 g/mol.